The number of nitrogen functional groups attached to an aromatic ring is 1. The molecule has 0 radical (unpaired) electrons. The third kappa shape index (κ3) is 2.83. The number of fused-ring (bicyclic) bond motifs is 1. The van der Waals surface area contributed by atoms with Gasteiger partial charge < -0.3 is 5.73 Å². The lowest BCUT2D eigenvalue weighted by atomic mass is 10.2. The van der Waals surface area contributed by atoms with Crippen molar-refractivity contribution < 1.29 is 8.42 Å². The van der Waals surface area contributed by atoms with Gasteiger partial charge in [0.15, 0.2) is 0 Å². The molecule has 21 heavy (non-hydrogen) atoms. The minimum atomic E-state index is -3.77. The standard InChI is InChI=1S/C14H11ClN2O2S2/c15-10-1-3-12(16)14(8-10)21(18,19)17-11-2-4-13-9(7-11)5-6-20-13/h1-8,17H,16H2. The van der Waals surface area contributed by atoms with Crippen LogP contribution in [0.1, 0.15) is 0 Å². The number of anilines is 2. The molecular weight excluding hydrogens is 328 g/mol. The number of nitrogens with two attached hydrogens (primary N) is 1. The van der Waals surface area contributed by atoms with Gasteiger partial charge in [-0.05, 0) is 53.2 Å². The van der Waals surface area contributed by atoms with Gasteiger partial charge in [-0.1, -0.05) is 11.6 Å². The van der Waals surface area contributed by atoms with Gasteiger partial charge in [0.2, 0.25) is 0 Å². The molecule has 3 N–H and O–H groups in total. The molecule has 0 bridgehead atoms. The molecule has 0 atom stereocenters. The maximum absolute atomic E-state index is 12.4. The van der Waals surface area contributed by atoms with Crippen LogP contribution >= 0.6 is 22.9 Å². The Hall–Kier alpha value is -1.76. The molecule has 0 fully saturated rings. The Morgan fingerprint density at radius 2 is 1.90 bits per heavy atom. The van der Waals surface area contributed by atoms with Crippen molar-refractivity contribution in [2.75, 3.05) is 10.5 Å². The largest absolute Gasteiger partial charge is 0.398 e. The minimum absolute atomic E-state index is 0.0274. The van der Waals surface area contributed by atoms with Crippen LogP contribution in [0.15, 0.2) is 52.7 Å². The molecule has 0 saturated heterocycles. The fourth-order valence-corrected chi connectivity index (χ4v) is 4.20. The van der Waals surface area contributed by atoms with E-state index < -0.39 is 10.0 Å². The lowest BCUT2D eigenvalue weighted by Gasteiger charge is -2.10. The summed E-state index contributed by atoms with van der Waals surface area (Å²) in [6, 6.07) is 11.7. The number of sulfonamides is 1. The SMILES string of the molecule is Nc1ccc(Cl)cc1S(=O)(=O)Nc1ccc2sccc2c1. The molecule has 0 spiro atoms. The van der Waals surface area contributed by atoms with Crippen LogP contribution in [0.3, 0.4) is 0 Å². The topological polar surface area (TPSA) is 72.2 Å². The second kappa shape index (κ2) is 5.22. The van der Waals surface area contributed by atoms with Crippen molar-refractivity contribution in [3.8, 4) is 0 Å². The molecule has 0 aliphatic rings. The van der Waals surface area contributed by atoms with Crippen LogP contribution in [0.2, 0.25) is 5.02 Å². The van der Waals surface area contributed by atoms with Gasteiger partial charge in [0.05, 0.1) is 5.69 Å². The first-order chi connectivity index (χ1) is 9.95. The zero-order valence-corrected chi connectivity index (χ0v) is 13.1. The smallest absolute Gasteiger partial charge is 0.263 e. The van der Waals surface area contributed by atoms with Gasteiger partial charge in [0.1, 0.15) is 4.90 Å². The average molecular weight is 339 g/mol. The Labute approximate surface area is 131 Å². The predicted octanol–water partition coefficient (Wildman–Crippen LogP) is 3.94. The van der Waals surface area contributed by atoms with Gasteiger partial charge in [-0.25, -0.2) is 8.42 Å². The Morgan fingerprint density at radius 1 is 1.10 bits per heavy atom. The van der Waals surface area contributed by atoms with E-state index in [1.165, 1.54) is 12.1 Å². The van der Waals surface area contributed by atoms with E-state index in [1.807, 2.05) is 17.5 Å². The van der Waals surface area contributed by atoms with Gasteiger partial charge in [-0.2, -0.15) is 0 Å². The summed E-state index contributed by atoms with van der Waals surface area (Å²) < 4.78 is 28.4. The van der Waals surface area contributed by atoms with Crippen molar-refractivity contribution in [2.24, 2.45) is 0 Å². The zero-order chi connectivity index (χ0) is 15.0. The lowest BCUT2D eigenvalue weighted by molar-refractivity contribution is 0.601. The van der Waals surface area contributed by atoms with Crippen LogP contribution in [0, 0.1) is 0 Å². The minimum Gasteiger partial charge on any atom is -0.398 e. The van der Waals surface area contributed by atoms with Crippen LogP contribution in [0.5, 0.6) is 0 Å². The summed E-state index contributed by atoms with van der Waals surface area (Å²) in [7, 11) is -3.77. The Bertz CT molecular complexity index is 920. The Kier molecular flexibility index (Phi) is 3.52. The highest BCUT2D eigenvalue weighted by atomic mass is 35.5. The predicted molar refractivity (Wildman–Crippen MR) is 88.5 cm³/mol. The van der Waals surface area contributed by atoms with Crippen molar-refractivity contribution in [3.05, 3.63) is 52.9 Å². The molecule has 0 aliphatic carbocycles. The number of hydrogen-bond acceptors (Lipinski definition) is 4. The molecule has 3 rings (SSSR count). The molecule has 2 aromatic carbocycles. The Morgan fingerprint density at radius 3 is 2.71 bits per heavy atom. The fourth-order valence-electron chi connectivity index (χ4n) is 1.98. The molecule has 7 heteroatoms. The van der Waals surface area contributed by atoms with E-state index >= 15 is 0 Å². The zero-order valence-electron chi connectivity index (χ0n) is 10.7. The number of nitrogens with one attached hydrogen (secondary N) is 1. The molecule has 4 nitrogen and oxygen atoms in total. The van der Waals surface area contributed by atoms with Gasteiger partial charge in [0.25, 0.3) is 10.0 Å². The van der Waals surface area contributed by atoms with Gasteiger partial charge >= 0.3 is 0 Å². The summed E-state index contributed by atoms with van der Waals surface area (Å²) in [6.07, 6.45) is 0. The van der Waals surface area contributed by atoms with Crippen molar-refractivity contribution in [3.63, 3.8) is 0 Å². The second-order valence-corrected chi connectivity index (χ2v) is 7.50. The molecule has 0 unspecified atom stereocenters. The summed E-state index contributed by atoms with van der Waals surface area (Å²) in [4.78, 5) is -0.0274. The summed E-state index contributed by atoms with van der Waals surface area (Å²) in [5.41, 5.74) is 6.37. The normalized spacial score (nSPS) is 11.7. The lowest BCUT2D eigenvalue weighted by Crippen LogP contribution is -2.14. The van der Waals surface area contributed by atoms with Gasteiger partial charge in [0, 0.05) is 15.4 Å². The molecule has 3 aromatic rings. The average Bonchev–Trinajstić information content (AvgIpc) is 2.88. The van der Waals surface area contributed by atoms with Crippen LogP contribution in [-0.2, 0) is 10.0 Å². The van der Waals surface area contributed by atoms with Crippen molar-refractivity contribution >= 4 is 54.4 Å². The van der Waals surface area contributed by atoms with E-state index in [0.717, 1.165) is 10.1 Å². The number of rotatable bonds is 3. The van der Waals surface area contributed by atoms with E-state index in [9.17, 15) is 8.42 Å². The molecule has 0 aliphatic heterocycles. The van der Waals surface area contributed by atoms with Crippen LogP contribution in [0.25, 0.3) is 10.1 Å². The van der Waals surface area contributed by atoms with Crippen molar-refractivity contribution in [1.29, 1.82) is 0 Å². The second-order valence-electron chi connectivity index (χ2n) is 4.46. The maximum atomic E-state index is 12.4. The van der Waals surface area contributed by atoms with E-state index in [4.69, 9.17) is 17.3 Å². The highest BCUT2D eigenvalue weighted by molar-refractivity contribution is 7.92. The van der Waals surface area contributed by atoms with Crippen molar-refractivity contribution in [1.82, 2.24) is 0 Å². The van der Waals surface area contributed by atoms with E-state index in [1.54, 1.807) is 29.5 Å². The van der Waals surface area contributed by atoms with Crippen LogP contribution in [0.4, 0.5) is 11.4 Å². The van der Waals surface area contributed by atoms with Crippen LogP contribution in [-0.4, -0.2) is 8.42 Å². The maximum Gasteiger partial charge on any atom is 0.263 e. The third-order valence-corrected chi connectivity index (χ3v) is 5.54. The molecule has 0 saturated carbocycles. The Balaban J connectivity index is 2.00. The van der Waals surface area contributed by atoms with E-state index in [2.05, 4.69) is 4.72 Å². The van der Waals surface area contributed by atoms with Gasteiger partial charge in [-0.15, -0.1) is 11.3 Å². The summed E-state index contributed by atoms with van der Waals surface area (Å²) in [6.45, 7) is 0. The summed E-state index contributed by atoms with van der Waals surface area (Å²) >= 11 is 7.44. The number of hydrogen-bond donors (Lipinski definition) is 2. The first-order valence-electron chi connectivity index (χ1n) is 6.01. The molecular formula is C14H11ClN2O2S2. The number of benzene rings is 2. The molecule has 0 amide bonds. The quantitative estimate of drug-likeness (QED) is 0.710. The first kappa shape index (κ1) is 14.2. The van der Waals surface area contributed by atoms with E-state index in [-0.39, 0.29) is 10.6 Å². The highest BCUT2D eigenvalue weighted by Crippen LogP contribution is 2.28. The van der Waals surface area contributed by atoms with E-state index in [0.29, 0.717) is 10.7 Å². The first-order valence-corrected chi connectivity index (χ1v) is 8.75. The molecule has 1 aromatic heterocycles. The number of thiophene rings is 1. The summed E-state index contributed by atoms with van der Waals surface area (Å²) in [5, 5.41) is 3.26. The van der Waals surface area contributed by atoms with Gasteiger partial charge in [-0.3, -0.25) is 4.72 Å². The van der Waals surface area contributed by atoms with Crippen LogP contribution < -0.4 is 10.5 Å². The number of halogens is 1. The third-order valence-electron chi connectivity index (χ3n) is 2.97. The summed E-state index contributed by atoms with van der Waals surface area (Å²) in [5.74, 6) is 0. The molecule has 1 heterocycles. The molecule has 108 valence electrons. The van der Waals surface area contributed by atoms with Crippen molar-refractivity contribution in [2.45, 2.75) is 4.90 Å². The monoisotopic (exact) mass is 338 g/mol. The fraction of sp³-hybridized carbons (Fsp3) is 0. The highest BCUT2D eigenvalue weighted by Gasteiger charge is 2.18.